The molecule has 2 aromatic heterocycles. The van der Waals surface area contributed by atoms with Crippen LogP contribution in [0.1, 0.15) is 5.56 Å². The van der Waals surface area contributed by atoms with Gasteiger partial charge in [0, 0.05) is 24.3 Å². The Labute approximate surface area is 148 Å². The van der Waals surface area contributed by atoms with Gasteiger partial charge in [-0.15, -0.1) is 0 Å². The lowest BCUT2D eigenvalue weighted by Gasteiger charge is -2.13. The van der Waals surface area contributed by atoms with Crippen LogP contribution in [0.5, 0.6) is 0 Å². The number of aryl methyl sites for hydroxylation is 2. The van der Waals surface area contributed by atoms with Crippen LogP contribution in [0.3, 0.4) is 0 Å². The molecule has 0 saturated heterocycles. The number of nitrogens with zero attached hydrogens (tertiary/aromatic N) is 2. The normalized spacial score (nSPS) is 11.0. The fourth-order valence-electron chi connectivity index (χ4n) is 3.63. The van der Waals surface area contributed by atoms with Gasteiger partial charge in [-0.05, 0) is 41.5 Å². The second-order valence-electron chi connectivity index (χ2n) is 6.54. The molecule has 0 atom stereocenters. The van der Waals surface area contributed by atoms with E-state index >= 15 is 0 Å². The minimum Gasteiger partial charge on any atom is -0.201 e. The highest BCUT2D eigenvalue weighted by molar-refractivity contribution is 6.00. The fraction of sp³-hybridized carbons (Fsp3) is 0.130. The summed E-state index contributed by atoms with van der Waals surface area (Å²) < 4.78 is 4.38. The van der Waals surface area contributed by atoms with E-state index in [4.69, 9.17) is 0 Å². The van der Waals surface area contributed by atoms with Gasteiger partial charge in [-0.2, -0.15) is 0 Å². The molecule has 0 aliphatic carbocycles. The van der Waals surface area contributed by atoms with E-state index in [2.05, 4.69) is 109 Å². The van der Waals surface area contributed by atoms with E-state index in [1.165, 1.54) is 38.9 Å². The average molecular weight is 326 g/mol. The molecule has 0 spiro atoms. The summed E-state index contributed by atoms with van der Waals surface area (Å²) in [5.74, 6) is 0. The van der Waals surface area contributed by atoms with Crippen molar-refractivity contribution in [3.05, 3.63) is 84.7 Å². The van der Waals surface area contributed by atoms with Crippen LogP contribution < -0.4 is 9.13 Å². The predicted octanol–water partition coefficient (Wildman–Crippen LogP) is 4.13. The zero-order valence-corrected chi connectivity index (χ0v) is 14.9. The Bertz CT molecular complexity index is 1080. The van der Waals surface area contributed by atoms with Gasteiger partial charge in [-0.3, -0.25) is 0 Å². The number of hydrogen-bond acceptors (Lipinski definition) is 0. The zero-order chi connectivity index (χ0) is 17.4. The third-order valence-corrected chi connectivity index (χ3v) is 4.95. The van der Waals surface area contributed by atoms with Crippen molar-refractivity contribution < 1.29 is 9.13 Å². The van der Waals surface area contributed by atoms with Gasteiger partial charge in [-0.1, -0.05) is 24.3 Å². The molecule has 0 fully saturated rings. The molecular formula is C23H22N2+2. The highest BCUT2D eigenvalue weighted by atomic mass is 14.9. The first-order valence-corrected chi connectivity index (χ1v) is 8.59. The standard InChI is InChI=1S/C23H22N2/c1-17-20(21-12-6-8-14-24(21)2)16-18-10-4-5-11-19(18)23(17)22-13-7-9-15-25(22)3/h4-16H,1-3H3/q+2. The average Bonchev–Trinajstić information content (AvgIpc) is 2.63. The van der Waals surface area contributed by atoms with Crippen molar-refractivity contribution >= 4 is 10.8 Å². The van der Waals surface area contributed by atoms with Crippen LogP contribution in [0.2, 0.25) is 0 Å². The quantitative estimate of drug-likeness (QED) is 0.489. The van der Waals surface area contributed by atoms with Gasteiger partial charge in [0.25, 0.3) is 0 Å². The fourth-order valence-corrected chi connectivity index (χ4v) is 3.63. The van der Waals surface area contributed by atoms with E-state index in [0.717, 1.165) is 0 Å². The van der Waals surface area contributed by atoms with Gasteiger partial charge >= 0.3 is 0 Å². The summed E-state index contributed by atoms with van der Waals surface area (Å²) in [5.41, 5.74) is 6.35. The molecule has 2 heterocycles. The first-order chi connectivity index (χ1) is 12.2. The monoisotopic (exact) mass is 326 g/mol. The number of fused-ring (bicyclic) bond motifs is 1. The zero-order valence-electron chi connectivity index (χ0n) is 14.9. The van der Waals surface area contributed by atoms with E-state index in [1.807, 2.05) is 0 Å². The number of hydrogen-bond donors (Lipinski definition) is 0. The van der Waals surface area contributed by atoms with E-state index in [0.29, 0.717) is 0 Å². The first kappa shape index (κ1) is 15.5. The Morgan fingerprint density at radius 3 is 1.96 bits per heavy atom. The van der Waals surface area contributed by atoms with Crippen molar-refractivity contribution in [3.63, 3.8) is 0 Å². The molecule has 122 valence electrons. The van der Waals surface area contributed by atoms with Crippen molar-refractivity contribution in [2.45, 2.75) is 6.92 Å². The number of pyridine rings is 2. The van der Waals surface area contributed by atoms with E-state index in [1.54, 1.807) is 0 Å². The maximum absolute atomic E-state index is 2.31. The molecule has 4 aromatic rings. The lowest BCUT2D eigenvalue weighted by atomic mass is 9.91. The third kappa shape index (κ3) is 2.60. The molecule has 4 rings (SSSR count). The molecule has 2 nitrogen and oxygen atoms in total. The van der Waals surface area contributed by atoms with Crippen LogP contribution >= 0.6 is 0 Å². The van der Waals surface area contributed by atoms with Gasteiger partial charge in [0.05, 0.1) is 11.1 Å². The maximum atomic E-state index is 2.31. The summed E-state index contributed by atoms with van der Waals surface area (Å²) in [6, 6.07) is 23.7. The Balaban J connectivity index is 2.13. The highest BCUT2D eigenvalue weighted by Crippen LogP contribution is 2.36. The summed E-state index contributed by atoms with van der Waals surface area (Å²) >= 11 is 0. The largest absolute Gasteiger partial charge is 0.213 e. The summed E-state index contributed by atoms with van der Waals surface area (Å²) in [4.78, 5) is 0. The van der Waals surface area contributed by atoms with Crippen LogP contribution in [-0.4, -0.2) is 0 Å². The minimum absolute atomic E-state index is 1.23. The number of aromatic nitrogens is 2. The molecule has 25 heavy (non-hydrogen) atoms. The smallest absolute Gasteiger partial charge is 0.201 e. The number of benzene rings is 2. The van der Waals surface area contributed by atoms with Crippen LogP contribution in [0.4, 0.5) is 0 Å². The lowest BCUT2D eigenvalue weighted by molar-refractivity contribution is -0.660. The van der Waals surface area contributed by atoms with Crippen molar-refractivity contribution in [1.82, 2.24) is 0 Å². The second kappa shape index (κ2) is 6.14. The highest BCUT2D eigenvalue weighted by Gasteiger charge is 2.21. The Morgan fingerprint density at radius 1 is 0.680 bits per heavy atom. The van der Waals surface area contributed by atoms with Crippen molar-refractivity contribution in [1.29, 1.82) is 0 Å². The predicted molar refractivity (Wildman–Crippen MR) is 102 cm³/mol. The molecule has 2 heteroatoms. The molecule has 0 unspecified atom stereocenters. The van der Waals surface area contributed by atoms with Gasteiger partial charge in [0.2, 0.25) is 11.4 Å². The Hall–Kier alpha value is -3.00. The van der Waals surface area contributed by atoms with Crippen LogP contribution in [0.15, 0.2) is 79.1 Å². The maximum Gasteiger partial charge on any atom is 0.213 e. The molecule has 0 aliphatic heterocycles. The van der Waals surface area contributed by atoms with Gasteiger partial charge in [0.1, 0.15) is 14.1 Å². The third-order valence-electron chi connectivity index (χ3n) is 4.95. The molecule has 2 aromatic carbocycles. The molecule has 0 aliphatic rings. The number of rotatable bonds is 2. The summed E-state index contributed by atoms with van der Waals surface area (Å²) in [5, 5.41) is 2.56. The van der Waals surface area contributed by atoms with E-state index < -0.39 is 0 Å². The van der Waals surface area contributed by atoms with Crippen LogP contribution in [-0.2, 0) is 14.1 Å². The van der Waals surface area contributed by atoms with Crippen molar-refractivity contribution in [2.24, 2.45) is 14.1 Å². The molecule has 0 N–H and O–H groups in total. The Morgan fingerprint density at radius 2 is 1.28 bits per heavy atom. The molecule has 0 saturated carbocycles. The Kier molecular flexibility index (Phi) is 3.81. The first-order valence-electron chi connectivity index (χ1n) is 8.59. The summed E-state index contributed by atoms with van der Waals surface area (Å²) in [7, 11) is 4.21. The molecule has 0 bridgehead atoms. The van der Waals surface area contributed by atoms with Gasteiger partial charge in [-0.25, -0.2) is 9.13 Å². The van der Waals surface area contributed by atoms with E-state index in [-0.39, 0.29) is 0 Å². The topological polar surface area (TPSA) is 7.76 Å². The van der Waals surface area contributed by atoms with E-state index in [9.17, 15) is 0 Å². The van der Waals surface area contributed by atoms with Gasteiger partial charge in [0.15, 0.2) is 12.4 Å². The van der Waals surface area contributed by atoms with Gasteiger partial charge < -0.3 is 0 Å². The molecule has 0 radical (unpaired) electrons. The van der Waals surface area contributed by atoms with Crippen LogP contribution in [0.25, 0.3) is 33.3 Å². The molecular weight excluding hydrogens is 304 g/mol. The summed E-state index contributed by atoms with van der Waals surface area (Å²) in [6.45, 7) is 2.23. The lowest BCUT2D eigenvalue weighted by Crippen LogP contribution is -2.31. The van der Waals surface area contributed by atoms with Crippen molar-refractivity contribution in [2.75, 3.05) is 0 Å². The SMILES string of the molecule is Cc1c(-c2cccc[n+]2C)cc2ccccc2c1-c1cccc[n+]1C. The van der Waals surface area contributed by atoms with Crippen LogP contribution in [0, 0.1) is 6.92 Å². The molecule has 0 amide bonds. The minimum atomic E-state index is 1.23. The second-order valence-corrected chi connectivity index (χ2v) is 6.54. The van der Waals surface area contributed by atoms with Crippen molar-refractivity contribution in [3.8, 4) is 22.5 Å². The summed E-state index contributed by atoms with van der Waals surface area (Å²) in [6.07, 6.45) is 4.21.